The zero-order valence-corrected chi connectivity index (χ0v) is 13.2. The van der Waals surface area contributed by atoms with Crippen LogP contribution in [0.25, 0.3) is 0 Å². The zero-order chi connectivity index (χ0) is 16.9. The molecule has 2 atom stereocenters. The number of anilines is 1. The summed E-state index contributed by atoms with van der Waals surface area (Å²) in [6.45, 7) is 1.12. The average Bonchev–Trinajstić information content (AvgIpc) is 3.08. The van der Waals surface area contributed by atoms with Crippen LogP contribution in [0.15, 0.2) is 48.5 Å². The Morgan fingerprint density at radius 2 is 2.04 bits per heavy atom. The number of ether oxygens (including phenoxy) is 1. The van der Waals surface area contributed by atoms with Gasteiger partial charge in [0.15, 0.2) is 0 Å². The minimum Gasteiger partial charge on any atom is -0.392 e. The van der Waals surface area contributed by atoms with Crippen molar-refractivity contribution in [1.82, 2.24) is 0 Å². The van der Waals surface area contributed by atoms with E-state index >= 15 is 0 Å². The fourth-order valence-electron chi connectivity index (χ4n) is 3.08. The fourth-order valence-corrected chi connectivity index (χ4v) is 3.08. The highest BCUT2D eigenvalue weighted by Crippen LogP contribution is 2.35. The first kappa shape index (κ1) is 16.4. The van der Waals surface area contributed by atoms with Gasteiger partial charge in [0, 0.05) is 25.1 Å². The zero-order valence-electron chi connectivity index (χ0n) is 13.2. The number of nitrogens with zero attached hydrogens (tertiary/aromatic N) is 1. The molecule has 0 bridgehead atoms. The van der Waals surface area contributed by atoms with Crippen LogP contribution in [0.1, 0.15) is 23.7 Å². The van der Waals surface area contributed by atoms with E-state index in [9.17, 15) is 15.2 Å². The van der Waals surface area contributed by atoms with Gasteiger partial charge in [-0.2, -0.15) is 0 Å². The van der Waals surface area contributed by atoms with Crippen molar-refractivity contribution in [1.29, 1.82) is 0 Å². The molecule has 0 amide bonds. The molecule has 0 aromatic heterocycles. The molecule has 0 aliphatic carbocycles. The Hall–Kier alpha value is -2.44. The Kier molecular flexibility index (Phi) is 5.08. The number of aliphatic hydroxyl groups is 1. The highest BCUT2D eigenvalue weighted by molar-refractivity contribution is 5.62. The Bertz CT molecular complexity index is 705. The van der Waals surface area contributed by atoms with Gasteiger partial charge in [-0.05, 0) is 29.7 Å². The third kappa shape index (κ3) is 3.55. The van der Waals surface area contributed by atoms with Crippen molar-refractivity contribution >= 4 is 11.4 Å². The number of nitro groups is 1. The molecule has 1 heterocycles. The van der Waals surface area contributed by atoms with Crippen LogP contribution in [0.2, 0.25) is 0 Å². The molecule has 2 aromatic carbocycles. The van der Waals surface area contributed by atoms with E-state index in [-0.39, 0.29) is 24.3 Å². The van der Waals surface area contributed by atoms with Gasteiger partial charge in [0.25, 0.3) is 5.69 Å². The van der Waals surface area contributed by atoms with E-state index in [0.717, 1.165) is 12.0 Å². The van der Waals surface area contributed by atoms with Crippen molar-refractivity contribution in [2.75, 3.05) is 18.5 Å². The maximum atomic E-state index is 11.2. The van der Waals surface area contributed by atoms with E-state index in [1.165, 1.54) is 6.07 Å². The van der Waals surface area contributed by atoms with Gasteiger partial charge >= 0.3 is 0 Å². The molecule has 126 valence electrons. The van der Waals surface area contributed by atoms with Crippen LogP contribution in [0.4, 0.5) is 11.4 Å². The molecule has 2 aromatic rings. The second-order valence-corrected chi connectivity index (χ2v) is 5.90. The van der Waals surface area contributed by atoms with Gasteiger partial charge in [-0.1, -0.05) is 30.3 Å². The second-order valence-electron chi connectivity index (χ2n) is 5.90. The Morgan fingerprint density at radius 1 is 1.25 bits per heavy atom. The maximum absolute atomic E-state index is 11.2. The molecular weight excluding hydrogens is 308 g/mol. The van der Waals surface area contributed by atoms with Crippen molar-refractivity contribution < 1.29 is 14.8 Å². The topological polar surface area (TPSA) is 84.6 Å². The van der Waals surface area contributed by atoms with E-state index in [0.29, 0.717) is 24.4 Å². The smallest absolute Gasteiger partial charge is 0.292 e. The molecular formula is C18H20N2O4. The fraction of sp³-hybridized carbons (Fsp3) is 0.333. The molecule has 24 heavy (non-hydrogen) atoms. The predicted molar refractivity (Wildman–Crippen MR) is 90.8 cm³/mol. The number of nitrogens with one attached hydrogen (secondary N) is 1. The number of hydrogen-bond acceptors (Lipinski definition) is 5. The second kappa shape index (κ2) is 7.42. The quantitative estimate of drug-likeness (QED) is 0.628. The van der Waals surface area contributed by atoms with Crippen molar-refractivity contribution in [2.24, 2.45) is 5.92 Å². The standard InChI is InChI=1S/C18H20N2O4/c21-12-13-6-7-17(20(22)23)16(10-13)19-11-15-8-9-24-18(15)14-4-2-1-3-5-14/h1-7,10,15,18-19,21H,8-9,11-12H2. The summed E-state index contributed by atoms with van der Waals surface area (Å²) in [5.74, 6) is 0.241. The molecule has 3 rings (SSSR count). The normalized spacial score (nSPS) is 20.0. The van der Waals surface area contributed by atoms with Crippen LogP contribution in [-0.4, -0.2) is 23.2 Å². The molecule has 1 aliphatic rings. The molecule has 0 spiro atoms. The maximum Gasteiger partial charge on any atom is 0.292 e. The van der Waals surface area contributed by atoms with Crippen LogP contribution < -0.4 is 5.32 Å². The van der Waals surface area contributed by atoms with Crippen molar-refractivity contribution in [3.8, 4) is 0 Å². The molecule has 1 saturated heterocycles. The molecule has 6 nitrogen and oxygen atoms in total. The van der Waals surface area contributed by atoms with Crippen LogP contribution in [0, 0.1) is 16.0 Å². The predicted octanol–water partition coefficient (Wildman–Crippen LogP) is 3.28. The van der Waals surface area contributed by atoms with Crippen LogP contribution >= 0.6 is 0 Å². The lowest BCUT2D eigenvalue weighted by atomic mass is 9.95. The number of hydrogen-bond donors (Lipinski definition) is 2. The largest absolute Gasteiger partial charge is 0.392 e. The molecule has 2 N–H and O–H groups in total. The summed E-state index contributed by atoms with van der Waals surface area (Å²) in [4.78, 5) is 10.8. The van der Waals surface area contributed by atoms with Gasteiger partial charge in [0.05, 0.1) is 17.6 Å². The highest BCUT2D eigenvalue weighted by Gasteiger charge is 2.29. The van der Waals surface area contributed by atoms with Gasteiger partial charge in [0.1, 0.15) is 5.69 Å². The first-order chi connectivity index (χ1) is 11.7. The molecule has 0 saturated carbocycles. The lowest BCUT2D eigenvalue weighted by Gasteiger charge is -2.20. The summed E-state index contributed by atoms with van der Waals surface area (Å²) in [7, 11) is 0. The van der Waals surface area contributed by atoms with E-state index in [1.54, 1.807) is 12.1 Å². The summed E-state index contributed by atoms with van der Waals surface area (Å²) in [5, 5.41) is 23.6. The van der Waals surface area contributed by atoms with E-state index in [1.807, 2.05) is 30.3 Å². The Labute approximate surface area is 140 Å². The highest BCUT2D eigenvalue weighted by atomic mass is 16.6. The van der Waals surface area contributed by atoms with Gasteiger partial charge in [-0.15, -0.1) is 0 Å². The van der Waals surface area contributed by atoms with Crippen LogP contribution in [0.5, 0.6) is 0 Å². The monoisotopic (exact) mass is 328 g/mol. The van der Waals surface area contributed by atoms with Crippen molar-refractivity contribution in [3.63, 3.8) is 0 Å². The summed E-state index contributed by atoms with van der Waals surface area (Å²) >= 11 is 0. The molecule has 2 unspecified atom stereocenters. The van der Waals surface area contributed by atoms with Gasteiger partial charge in [-0.3, -0.25) is 10.1 Å². The number of rotatable bonds is 6. The SMILES string of the molecule is O=[N+]([O-])c1ccc(CO)cc1NCC1CCOC1c1ccccc1. The molecule has 1 fully saturated rings. The first-order valence-electron chi connectivity index (χ1n) is 7.97. The van der Waals surface area contributed by atoms with Crippen molar-refractivity contribution in [3.05, 3.63) is 69.8 Å². The Morgan fingerprint density at radius 3 is 2.75 bits per heavy atom. The minimum absolute atomic E-state index is 0.00113. The third-order valence-corrected chi connectivity index (χ3v) is 4.34. The first-order valence-corrected chi connectivity index (χ1v) is 7.97. The Balaban J connectivity index is 1.74. The van der Waals surface area contributed by atoms with Crippen LogP contribution in [-0.2, 0) is 11.3 Å². The lowest BCUT2D eigenvalue weighted by Crippen LogP contribution is -2.18. The van der Waals surface area contributed by atoms with Gasteiger partial charge < -0.3 is 15.2 Å². The summed E-state index contributed by atoms with van der Waals surface area (Å²) < 4.78 is 5.85. The minimum atomic E-state index is -0.413. The third-order valence-electron chi connectivity index (χ3n) is 4.34. The van der Waals surface area contributed by atoms with E-state index in [4.69, 9.17) is 4.74 Å². The van der Waals surface area contributed by atoms with Gasteiger partial charge in [0.2, 0.25) is 0 Å². The lowest BCUT2D eigenvalue weighted by molar-refractivity contribution is -0.384. The summed E-state index contributed by atoms with van der Waals surface area (Å²) in [5.41, 5.74) is 2.22. The molecule has 0 radical (unpaired) electrons. The number of benzene rings is 2. The summed E-state index contributed by atoms with van der Waals surface area (Å²) in [6, 6.07) is 14.6. The number of aliphatic hydroxyl groups excluding tert-OH is 1. The van der Waals surface area contributed by atoms with E-state index < -0.39 is 4.92 Å². The number of nitro benzene ring substituents is 1. The molecule has 1 aliphatic heterocycles. The van der Waals surface area contributed by atoms with Crippen LogP contribution in [0.3, 0.4) is 0 Å². The molecule has 6 heteroatoms. The van der Waals surface area contributed by atoms with Gasteiger partial charge in [-0.25, -0.2) is 0 Å². The van der Waals surface area contributed by atoms with Crippen molar-refractivity contribution in [2.45, 2.75) is 19.1 Å². The van der Waals surface area contributed by atoms with E-state index in [2.05, 4.69) is 5.32 Å². The summed E-state index contributed by atoms with van der Waals surface area (Å²) in [6.07, 6.45) is 0.902. The average molecular weight is 328 g/mol.